The molecule has 0 spiro atoms. The van der Waals surface area contributed by atoms with Gasteiger partial charge in [-0.05, 0) is 73.1 Å². The van der Waals surface area contributed by atoms with E-state index in [0.717, 1.165) is 24.8 Å². The fourth-order valence-corrected chi connectivity index (χ4v) is 5.83. The highest BCUT2D eigenvalue weighted by molar-refractivity contribution is 5.42. The minimum absolute atomic E-state index is 0.212. The van der Waals surface area contributed by atoms with Crippen LogP contribution in [0, 0.1) is 29.6 Å². The highest BCUT2D eigenvalue weighted by Crippen LogP contribution is 2.65. The summed E-state index contributed by atoms with van der Waals surface area (Å²) in [5.41, 5.74) is 0.782. The molecule has 4 rings (SSSR count). The number of hydrogen-bond donors (Lipinski definition) is 3. The second-order valence-electron chi connectivity index (χ2n) is 7.94. The standard InChI is InChI=1S/C20H24O3/c1-3-20(23)9-7-17-15-11-18(22)16-10-12(21)4-5-13(16)14(15)6-8-19(17,20)2/h1,4-5,10,14-15,17-18,21-23H,6-9,11H2,2H3/t14-,15-,17+,18+,19+,20-/m1/s1. The Balaban J connectivity index is 1.76. The van der Waals surface area contributed by atoms with E-state index < -0.39 is 11.7 Å². The van der Waals surface area contributed by atoms with Crippen molar-refractivity contribution in [3.05, 3.63) is 29.3 Å². The van der Waals surface area contributed by atoms with Gasteiger partial charge in [0.25, 0.3) is 0 Å². The molecule has 0 aliphatic heterocycles. The van der Waals surface area contributed by atoms with Gasteiger partial charge in [-0.15, -0.1) is 6.42 Å². The Labute approximate surface area is 137 Å². The normalized spacial score (nSPS) is 44.8. The van der Waals surface area contributed by atoms with E-state index in [1.54, 1.807) is 12.1 Å². The molecule has 0 amide bonds. The fourth-order valence-electron chi connectivity index (χ4n) is 5.83. The summed E-state index contributed by atoms with van der Waals surface area (Å²) < 4.78 is 0. The van der Waals surface area contributed by atoms with Crippen LogP contribution in [0.4, 0.5) is 0 Å². The Bertz CT molecular complexity index is 691. The van der Waals surface area contributed by atoms with Crippen LogP contribution >= 0.6 is 0 Å². The minimum Gasteiger partial charge on any atom is -0.508 e. The maximum absolute atomic E-state index is 10.9. The van der Waals surface area contributed by atoms with Crippen molar-refractivity contribution >= 4 is 0 Å². The highest BCUT2D eigenvalue weighted by Gasteiger charge is 2.61. The lowest BCUT2D eigenvalue weighted by Gasteiger charge is -2.52. The zero-order valence-electron chi connectivity index (χ0n) is 13.5. The number of phenols is 1. The van der Waals surface area contributed by atoms with E-state index in [4.69, 9.17) is 6.42 Å². The quantitative estimate of drug-likeness (QED) is 0.645. The van der Waals surface area contributed by atoms with Crippen molar-refractivity contribution in [3.63, 3.8) is 0 Å². The monoisotopic (exact) mass is 312 g/mol. The number of phenolic OH excluding ortho intramolecular Hbond substituents is 1. The van der Waals surface area contributed by atoms with Crippen molar-refractivity contribution in [1.82, 2.24) is 0 Å². The Morgan fingerprint density at radius 3 is 2.74 bits per heavy atom. The second kappa shape index (κ2) is 4.75. The molecule has 0 bridgehead atoms. The van der Waals surface area contributed by atoms with Gasteiger partial charge in [0.05, 0.1) is 6.10 Å². The molecule has 3 N–H and O–H groups in total. The van der Waals surface area contributed by atoms with Gasteiger partial charge in [-0.3, -0.25) is 0 Å². The summed E-state index contributed by atoms with van der Waals surface area (Å²) >= 11 is 0. The molecule has 3 heteroatoms. The first-order valence-electron chi connectivity index (χ1n) is 8.60. The SMILES string of the molecule is C#C[C@@]1(O)CC[C@H]2[C@@H]3C[C@H](O)c4cc(O)ccc4[C@H]3CC[C@@]21C. The van der Waals surface area contributed by atoms with Crippen LogP contribution in [0.5, 0.6) is 5.75 Å². The van der Waals surface area contributed by atoms with Crippen LogP contribution in [0.2, 0.25) is 0 Å². The molecule has 0 aromatic heterocycles. The molecule has 1 aromatic carbocycles. The average Bonchev–Trinajstić information content (AvgIpc) is 2.80. The summed E-state index contributed by atoms with van der Waals surface area (Å²) in [7, 11) is 0. The Morgan fingerprint density at radius 1 is 1.22 bits per heavy atom. The second-order valence-corrected chi connectivity index (χ2v) is 7.94. The first-order valence-corrected chi connectivity index (χ1v) is 8.60. The van der Waals surface area contributed by atoms with Gasteiger partial charge in [0, 0.05) is 5.41 Å². The third-order valence-electron chi connectivity index (χ3n) is 7.15. The Kier molecular flexibility index (Phi) is 3.11. The van der Waals surface area contributed by atoms with Gasteiger partial charge < -0.3 is 15.3 Å². The molecule has 3 aliphatic carbocycles. The lowest BCUT2D eigenvalue weighted by Crippen LogP contribution is -2.50. The number of rotatable bonds is 0. The van der Waals surface area contributed by atoms with E-state index in [9.17, 15) is 15.3 Å². The molecule has 2 fully saturated rings. The first-order chi connectivity index (χ1) is 10.9. The van der Waals surface area contributed by atoms with Crippen LogP contribution < -0.4 is 0 Å². The molecule has 3 nitrogen and oxygen atoms in total. The van der Waals surface area contributed by atoms with Crippen molar-refractivity contribution in [2.75, 3.05) is 0 Å². The lowest BCUT2D eigenvalue weighted by molar-refractivity contribution is -0.0729. The van der Waals surface area contributed by atoms with E-state index >= 15 is 0 Å². The van der Waals surface area contributed by atoms with Gasteiger partial charge in [0.2, 0.25) is 0 Å². The summed E-state index contributed by atoms with van der Waals surface area (Å²) in [4.78, 5) is 0. The number of hydrogen-bond acceptors (Lipinski definition) is 3. The van der Waals surface area contributed by atoms with Crippen molar-refractivity contribution in [2.24, 2.45) is 17.3 Å². The van der Waals surface area contributed by atoms with Crippen LogP contribution in [0.25, 0.3) is 0 Å². The van der Waals surface area contributed by atoms with Gasteiger partial charge in [0.15, 0.2) is 0 Å². The van der Waals surface area contributed by atoms with Gasteiger partial charge >= 0.3 is 0 Å². The van der Waals surface area contributed by atoms with Crippen molar-refractivity contribution < 1.29 is 15.3 Å². The summed E-state index contributed by atoms with van der Waals surface area (Å²) in [5.74, 6) is 3.98. The van der Waals surface area contributed by atoms with E-state index in [-0.39, 0.29) is 11.2 Å². The lowest BCUT2D eigenvalue weighted by atomic mass is 9.53. The molecule has 0 unspecified atom stereocenters. The topological polar surface area (TPSA) is 60.7 Å². The predicted molar refractivity (Wildman–Crippen MR) is 87.8 cm³/mol. The molecule has 3 aliphatic rings. The zero-order valence-corrected chi connectivity index (χ0v) is 13.5. The van der Waals surface area contributed by atoms with Crippen molar-refractivity contribution in [1.29, 1.82) is 0 Å². The summed E-state index contributed by atoms with van der Waals surface area (Å²) in [6.45, 7) is 2.14. The van der Waals surface area contributed by atoms with Crippen LogP contribution in [0.3, 0.4) is 0 Å². The third-order valence-corrected chi connectivity index (χ3v) is 7.15. The molecule has 1 aromatic rings. The molecular weight excluding hydrogens is 288 g/mol. The molecule has 0 saturated heterocycles. The van der Waals surface area contributed by atoms with Crippen LogP contribution in [-0.2, 0) is 0 Å². The maximum Gasteiger partial charge on any atom is 0.130 e. The third kappa shape index (κ3) is 1.86. The van der Waals surface area contributed by atoms with E-state index in [0.29, 0.717) is 30.6 Å². The van der Waals surface area contributed by atoms with Gasteiger partial charge in [-0.2, -0.15) is 0 Å². The predicted octanol–water partition coefficient (Wildman–Crippen LogP) is 3.10. The molecular formula is C20H24O3. The van der Waals surface area contributed by atoms with E-state index in [2.05, 4.69) is 12.8 Å². The largest absolute Gasteiger partial charge is 0.508 e. The Morgan fingerprint density at radius 2 is 2.00 bits per heavy atom. The molecule has 23 heavy (non-hydrogen) atoms. The zero-order chi connectivity index (χ0) is 16.4. The van der Waals surface area contributed by atoms with Crippen LogP contribution in [-0.4, -0.2) is 20.9 Å². The molecule has 122 valence electrons. The summed E-state index contributed by atoms with van der Waals surface area (Å²) in [6.07, 6.45) is 9.31. The number of aliphatic hydroxyl groups excluding tert-OH is 1. The van der Waals surface area contributed by atoms with Crippen molar-refractivity contribution in [3.8, 4) is 18.1 Å². The smallest absolute Gasteiger partial charge is 0.130 e. The maximum atomic E-state index is 10.9. The molecule has 0 radical (unpaired) electrons. The summed E-state index contributed by atoms with van der Waals surface area (Å²) in [5, 5.41) is 31.2. The van der Waals surface area contributed by atoms with Gasteiger partial charge in [-0.1, -0.05) is 18.9 Å². The average molecular weight is 312 g/mol. The van der Waals surface area contributed by atoms with E-state index in [1.165, 1.54) is 5.56 Å². The first kappa shape index (κ1) is 15.1. The number of aliphatic hydroxyl groups is 2. The molecule has 2 saturated carbocycles. The number of aromatic hydroxyl groups is 1. The number of terminal acetylenes is 1. The highest BCUT2D eigenvalue weighted by atomic mass is 16.3. The van der Waals surface area contributed by atoms with E-state index in [1.807, 2.05) is 6.07 Å². The Hall–Kier alpha value is -1.50. The van der Waals surface area contributed by atoms with Gasteiger partial charge in [0.1, 0.15) is 11.4 Å². The van der Waals surface area contributed by atoms with Gasteiger partial charge in [-0.25, -0.2) is 0 Å². The number of fused-ring (bicyclic) bond motifs is 5. The number of benzene rings is 1. The van der Waals surface area contributed by atoms with Crippen LogP contribution in [0.1, 0.15) is 62.2 Å². The minimum atomic E-state index is -1.01. The molecule has 0 heterocycles. The summed E-state index contributed by atoms with van der Waals surface area (Å²) in [6, 6.07) is 5.39. The van der Waals surface area contributed by atoms with Crippen molar-refractivity contribution in [2.45, 2.75) is 56.7 Å². The molecule has 6 atom stereocenters. The van der Waals surface area contributed by atoms with Crippen LogP contribution in [0.15, 0.2) is 18.2 Å². The fraction of sp³-hybridized carbons (Fsp3) is 0.600.